The van der Waals surface area contributed by atoms with Crippen LogP contribution in [0.4, 0.5) is 0 Å². The number of hydrogen-bond donors (Lipinski definition) is 0. The van der Waals surface area contributed by atoms with E-state index in [1.807, 2.05) is 6.08 Å². The minimum absolute atomic E-state index is 0.324. The third kappa shape index (κ3) is 1.21. The van der Waals surface area contributed by atoms with Crippen LogP contribution in [0.1, 0.15) is 19.3 Å². The summed E-state index contributed by atoms with van der Waals surface area (Å²) in [4.78, 5) is 13.6. The number of fused-ring (bicyclic) bond motifs is 2. The van der Waals surface area contributed by atoms with E-state index >= 15 is 0 Å². The van der Waals surface area contributed by atoms with Crippen LogP contribution in [0, 0.1) is 0 Å². The first-order valence-corrected chi connectivity index (χ1v) is 5.99. The van der Waals surface area contributed by atoms with Crippen LogP contribution in [0.5, 0.6) is 0 Å². The SMILES string of the molecule is O=C1C=C(N2CC3CC2CS3)CC1. The second-order valence-corrected chi connectivity index (χ2v) is 5.43. The molecule has 2 saturated heterocycles. The predicted molar refractivity (Wildman–Crippen MR) is 53.7 cm³/mol. The van der Waals surface area contributed by atoms with Crippen LogP contribution >= 0.6 is 11.8 Å². The zero-order chi connectivity index (χ0) is 8.84. The van der Waals surface area contributed by atoms with E-state index in [-0.39, 0.29) is 0 Å². The Labute approximate surface area is 82.4 Å². The maximum atomic E-state index is 11.1. The fourth-order valence-corrected chi connectivity index (χ4v) is 3.99. The van der Waals surface area contributed by atoms with Gasteiger partial charge in [-0.15, -0.1) is 0 Å². The Kier molecular flexibility index (Phi) is 1.69. The number of ketones is 1. The van der Waals surface area contributed by atoms with Crippen LogP contribution in [-0.4, -0.2) is 34.3 Å². The third-order valence-electron chi connectivity index (χ3n) is 3.22. The molecule has 0 aromatic carbocycles. The maximum absolute atomic E-state index is 11.1. The topological polar surface area (TPSA) is 20.3 Å². The lowest BCUT2D eigenvalue weighted by molar-refractivity contribution is -0.114. The molecule has 0 aromatic heterocycles. The number of hydrogen-bond acceptors (Lipinski definition) is 3. The molecule has 0 spiro atoms. The van der Waals surface area contributed by atoms with Crippen molar-refractivity contribution < 1.29 is 4.79 Å². The lowest BCUT2D eigenvalue weighted by Gasteiger charge is -2.29. The molecule has 2 aliphatic heterocycles. The summed E-state index contributed by atoms with van der Waals surface area (Å²) in [5.41, 5.74) is 1.32. The predicted octanol–water partition coefficient (Wildman–Crippen LogP) is 1.42. The molecule has 0 amide bonds. The summed E-state index contributed by atoms with van der Waals surface area (Å²) in [5.74, 6) is 1.60. The summed E-state index contributed by atoms with van der Waals surface area (Å²) in [5, 5.41) is 0.849. The number of rotatable bonds is 1. The number of carbonyl (C=O) groups is 1. The molecule has 0 N–H and O–H groups in total. The summed E-state index contributed by atoms with van der Waals surface area (Å²) in [6.07, 6.45) is 4.95. The van der Waals surface area contributed by atoms with E-state index in [0.717, 1.165) is 24.1 Å². The molecule has 2 unspecified atom stereocenters. The smallest absolute Gasteiger partial charge is 0.157 e. The van der Waals surface area contributed by atoms with Gasteiger partial charge in [-0.3, -0.25) is 4.79 Å². The first-order chi connectivity index (χ1) is 6.33. The van der Waals surface area contributed by atoms with Gasteiger partial charge >= 0.3 is 0 Å². The highest BCUT2D eigenvalue weighted by molar-refractivity contribution is 8.00. The van der Waals surface area contributed by atoms with Crippen molar-refractivity contribution in [3.05, 3.63) is 11.8 Å². The van der Waals surface area contributed by atoms with Gasteiger partial charge in [0.2, 0.25) is 0 Å². The Morgan fingerprint density at radius 2 is 2.38 bits per heavy atom. The van der Waals surface area contributed by atoms with Crippen molar-refractivity contribution in [2.24, 2.45) is 0 Å². The monoisotopic (exact) mass is 195 g/mol. The molecule has 0 saturated carbocycles. The fourth-order valence-electron chi connectivity index (χ4n) is 2.56. The Morgan fingerprint density at radius 1 is 1.46 bits per heavy atom. The third-order valence-corrected chi connectivity index (χ3v) is 4.61. The quantitative estimate of drug-likeness (QED) is 0.631. The van der Waals surface area contributed by atoms with Crippen LogP contribution in [0.3, 0.4) is 0 Å². The first-order valence-electron chi connectivity index (χ1n) is 4.94. The molecule has 2 heterocycles. The zero-order valence-electron chi connectivity index (χ0n) is 7.53. The molecule has 0 radical (unpaired) electrons. The van der Waals surface area contributed by atoms with Crippen LogP contribution < -0.4 is 0 Å². The van der Waals surface area contributed by atoms with Crippen LogP contribution in [0.2, 0.25) is 0 Å². The number of thioether (sulfide) groups is 1. The van der Waals surface area contributed by atoms with E-state index in [1.54, 1.807) is 0 Å². The summed E-state index contributed by atoms with van der Waals surface area (Å²) in [7, 11) is 0. The normalized spacial score (nSPS) is 37.4. The Bertz CT molecular complexity index is 287. The van der Waals surface area contributed by atoms with Gasteiger partial charge in [0.25, 0.3) is 0 Å². The molecular weight excluding hydrogens is 182 g/mol. The van der Waals surface area contributed by atoms with Gasteiger partial charge in [0.05, 0.1) is 0 Å². The van der Waals surface area contributed by atoms with Crippen molar-refractivity contribution in [1.82, 2.24) is 4.90 Å². The van der Waals surface area contributed by atoms with E-state index in [0.29, 0.717) is 5.78 Å². The van der Waals surface area contributed by atoms with Gasteiger partial charge in [0.15, 0.2) is 5.78 Å². The number of nitrogens with zero attached hydrogens (tertiary/aromatic N) is 1. The van der Waals surface area contributed by atoms with Gasteiger partial charge in [-0.05, 0) is 12.8 Å². The lowest BCUT2D eigenvalue weighted by atomic mass is 10.2. The lowest BCUT2D eigenvalue weighted by Crippen LogP contribution is -2.32. The van der Waals surface area contributed by atoms with Gasteiger partial charge in [-0.25, -0.2) is 0 Å². The highest BCUT2D eigenvalue weighted by atomic mass is 32.2. The Hall–Kier alpha value is -0.440. The maximum Gasteiger partial charge on any atom is 0.157 e. The molecular formula is C10H13NOS. The fraction of sp³-hybridized carbons (Fsp3) is 0.700. The largest absolute Gasteiger partial charge is 0.370 e. The van der Waals surface area contributed by atoms with E-state index in [2.05, 4.69) is 16.7 Å². The molecule has 13 heavy (non-hydrogen) atoms. The van der Waals surface area contributed by atoms with Gasteiger partial charge in [0.1, 0.15) is 0 Å². The molecule has 3 aliphatic rings. The summed E-state index contributed by atoms with van der Waals surface area (Å²) < 4.78 is 0. The van der Waals surface area contributed by atoms with Gasteiger partial charge in [0, 0.05) is 41.8 Å². The second-order valence-electron chi connectivity index (χ2n) is 4.10. The molecule has 3 heteroatoms. The number of carbonyl (C=O) groups excluding carboxylic acids is 1. The van der Waals surface area contributed by atoms with Crippen LogP contribution in [-0.2, 0) is 4.79 Å². The van der Waals surface area contributed by atoms with Crippen molar-refractivity contribution in [3.8, 4) is 0 Å². The van der Waals surface area contributed by atoms with Gasteiger partial charge in [-0.2, -0.15) is 11.8 Å². The van der Waals surface area contributed by atoms with Crippen LogP contribution in [0.25, 0.3) is 0 Å². The van der Waals surface area contributed by atoms with Gasteiger partial charge < -0.3 is 4.90 Å². The minimum Gasteiger partial charge on any atom is -0.370 e. The second kappa shape index (κ2) is 2.77. The summed E-state index contributed by atoms with van der Waals surface area (Å²) >= 11 is 2.10. The average Bonchev–Trinajstić information content (AvgIpc) is 2.77. The molecule has 2 nitrogen and oxygen atoms in total. The minimum atomic E-state index is 0.324. The number of likely N-dealkylation sites (tertiary alicyclic amines) is 1. The van der Waals surface area contributed by atoms with Crippen LogP contribution in [0.15, 0.2) is 11.8 Å². The van der Waals surface area contributed by atoms with E-state index in [1.165, 1.54) is 24.4 Å². The van der Waals surface area contributed by atoms with Crippen molar-refractivity contribution >= 4 is 17.5 Å². The Balaban J connectivity index is 1.80. The zero-order valence-corrected chi connectivity index (χ0v) is 8.35. The molecule has 70 valence electrons. The van der Waals surface area contributed by atoms with Crippen molar-refractivity contribution in [3.63, 3.8) is 0 Å². The highest BCUT2D eigenvalue weighted by Gasteiger charge is 2.39. The number of allylic oxidation sites excluding steroid dienone is 2. The first kappa shape index (κ1) is 7.92. The van der Waals surface area contributed by atoms with Crippen molar-refractivity contribution in [2.75, 3.05) is 12.3 Å². The van der Waals surface area contributed by atoms with E-state index in [4.69, 9.17) is 0 Å². The molecule has 1 aliphatic carbocycles. The Morgan fingerprint density at radius 3 is 2.92 bits per heavy atom. The van der Waals surface area contributed by atoms with Crippen molar-refractivity contribution in [2.45, 2.75) is 30.6 Å². The molecule has 2 bridgehead atoms. The molecule has 3 rings (SSSR count). The van der Waals surface area contributed by atoms with Crippen molar-refractivity contribution in [1.29, 1.82) is 0 Å². The van der Waals surface area contributed by atoms with Gasteiger partial charge in [-0.1, -0.05) is 0 Å². The molecule has 2 fully saturated rings. The highest BCUT2D eigenvalue weighted by Crippen LogP contribution is 2.40. The van der Waals surface area contributed by atoms with E-state index < -0.39 is 0 Å². The standard InChI is InChI=1S/C10H13NOS/c12-9-2-1-7(3-9)11-5-10-4-8(11)6-13-10/h3,8,10H,1-2,4-6H2. The molecule has 0 aromatic rings. The summed E-state index contributed by atoms with van der Waals surface area (Å²) in [6, 6.07) is 0.743. The summed E-state index contributed by atoms with van der Waals surface area (Å²) in [6.45, 7) is 1.19. The average molecular weight is 195 g/mol. The molecule has 2 atom stereocenters. The van der Waals surface area contributed by atoms with E-state index in [9.17, 15) is 4.79 Å².